The number of halogens is 2. The van der Waals surface area contributed by atoms with E-state index in [4.69, 9.17) is 11.6 Å². The summed E-state index contributed by atoms with van der Waals surface area (Å²) in [5.41, 5.74) is 0.237. The van der Waals surface area contributed by atoms with Gasteiger partial charge in [-0.2, -0.15) is 5.01 Å². The molecule has 160 valence electrons. The third-order valence-corrected chi connectivity index (χ3v) is 6.19. The van der Waals surface area contributed by atoms with Gasteiger partial charge < -0.3 is 0 Å². The monoisotopic (exact) mass is 442 g/mol. The minimum Gasteiger partial charge on any atom is -0.292 e. The van der Waals surface area contributed by atoms with Gasteiger partial charge in [0, 0.05) is 5.56 Å². The first-order chi connectivity index (χ1) is 14.9. The fraction of sp³-hybridized carbons (Fsp3) is 0.304. The van der Waals surface area contributed by atoms with Crippen LogP contribution in [0.25, 0.3) is 0 Å². The highest BCUT2D eigenvalue weighted by atomic mass is 35.5. The van der Waals surface area contributed by atoms with E-state index in [1.807, 2.05) is 0 Å². The quantitative estimate of drug-likeness (QED) is 0.520. The summed E-state index contributed by atoms with van der Waals surface area (Å²) in [6, 6.07) is 11.1. The van der Waals surface area contributed by atoms with Crippen molar-refractivity contribution < 1.29 is 23.6 Å². The summed E-state index contributed by atoms with van der Waals surface area (Å²) in [7, 11) is 0. The van der Waals surface area contributed by atoms with E-state index in [1.165, 1.54) is 24.3 Å². The van der Waals surface area contributed by atoms with Crippen LogP contribution in [0.2, 0.25) is 5.02 Å². The van der Waals surface area contributed by atoms with E-state index in [2.05, 4.69) is 0 Å². The van der Waals surface area contributed by atoms with Gasteiger partial charge in [-0.1, -0.05) is 36.6 Å². The number of rotatable bonds is 5. The van der Waals surface area contributed by atoms with Crippen LogP contribution < -0.4 is 0 Å². The number of carbonyl (C=O) groups is 4. The molecule has 2 aliphatic rings. The van der Waals surface area contributed by atoms with Crippen molar-refractivity contribution in [3.8, 4) is 0 Å². The van der Waals surface area contributed by atoms with Crippen molar-refractivity contribution in [2.75, 3.05) is 6.54 Å². The van der Waals surface area contributed by atoms with Crippen molar-refractivity contribution in [2.45, 2.75) is 25.7 Å². The largest absolute Gasteiger partial charge is 0.292 e. The van der Waals surface area contributed by atoms with Crippen LogP contribution in [-0.4, -0.2) is 40.1 Å². The van der Waals surface area contributed by atoms with E-state index in [0.29, 0.717) is 12.8 Å². The Morgan fingerprint density at radius 2 is 1.55 bits per heavy atom. The lowest BCUT2D eigenvalue weighted by Gasteiger charge is -2.30. The third kappa shape index (κ3) is 3.97. The summed E-state index contributed by atoms with van der Waals surface area (Å²) in [6.07, 6.45) is 2.82. The van der Waals surface area contributed by atoms with Crippen molar-refractivity contribution in [1.29, 1.82) is 0 Å². The molecule has 6 nitrogen and oxygen atoms in total. The number of hydrazine groups is 1. The zero-order valence-corrected chi connectivity index (χ0v) is 17.3. The lowest BCUT2D eigenvalue weighted by atomic mass is 9.81. The van der Waals surface area contributed by atoms with E-state index < -0.39 is 47.7 Å². The second-order valence-corrected chi connectivity index (χ2v) is 8.17. The molecular weight excluding hydrogens is 423 g/mol. The van der Waals surface area contributed by atoms with E-state index >= 15 is 0 Å². The molecule has 2 aromatic carbocycles. The van der Waals surface area contributed by atoms with Crippen LogP contribution in [0.15, 0.2) is 48.5 Å². The predicted octanol–water partition coefficient (Wildman–Crippen LogP) is 3.89. The molecule has 1 saturated heterocycles. The van der Waals surface area contributed by atoms with Gasteiger partial charge in [0.25, 0.3) is 17.7 Å². The highest BCUT2D eigenvalue weighted by Crippen LogP contribution is 2.39. The summed E-state index contributed by atoms with van der Waals surface area (Å²) in [4.78, 5) is 52.4. The summed E-state index contributed by atoms with van der Waals surface area (Å²) in [6.45, 7) is -0.549. The number of Topliss-reactive ketones (excluding diaryl/α,β-unsaturated/α-hetero) is 1. The van der Waals surface area contributed by atoms with Crippen molar-refractivity contribution in [1.82, 2.24) is 10.0 Å². The maximum Gasteiger partial charge on any atom is 0.274 e. The fourth-order valence-electron chi connectivity index (χ4n) is 4.25. The molecule has 0 aromatic heterocycles. The second kappa shape index (κ2) is 8.59. The number of amides is 3. The first-order valence-corrected chi connectivity index (χ1v) is 10.5. The van der Waals surface area contributed by atoms with Gasteiger partial charge in [-0.3, -0.25) is 19.2 Å². The van der Waals surface area contributed by atoms with Gasteiger partial charge in [0.05, 0.1) is 22.4 Å². The maximum atomic E-state index is 13.4. The number of ketones is 1. The highest BCUT2D eigenvalue weighted by Gasteiger charge is 2.51. The van der Waals surface area contributed by atoms with Gasteiger partial charge >= 0.3 is 0 Å². The normalized spacial score (nSPS) is 20.5. The smallest absolute Gasteiger partial charge is 0.274 e. The molecular formula is C23H20ClFN2O4. The van der Waals surface area contributed by atoms with Crippen molar-refractivity contribution in [3.05, 3.63) is 70.5 Å². The standard InChI is InChI=1S/C23H20ClFN2O4/c24-19-8-4-3-7-18(19)21(29)26(13-20(28)14-9-11-15(25)12-10-14)27-22(30)16-5-1-2-6-17(16)23(27)31/h3-4,7-12,16-17H,1-2,5-6,13H2/t16-,17-/m1/s1. The number of nitrogens with zero attached hydrogens (tertiary/aromatic N) is 2. The Morgan fingerprint density at radius 3 is 2.13 bits per heavy atom. The lowest BCUT2D eigenvalue weighted by molar-refractivity contribution is -0.154. The zero-order valence-electron chi connectivity index (χ0n) is 16.6. The molecule has 31 heavy (non-hydrogen) atoms. The third-order valence-electron chi connectivity index (χ3n) is 5.86. The molecule has 3 amide bonds. The molecule has 0 radical (unpaired) electrons. The molecule has 8 heteroatoms. The maximum absolute atomic E-state index is 13.4. The van der Waals surface area contributed by atoms with Crippen molar-refractivity contribution in [3.63, 3.8) is 0 Å². The summed E-state index contributed by atoms with van der Waals surface area (Å²) in [5, 5.41) is 1.85. The molecule has 4 rings (SSSR count). The number of carbonyl (C=O) groups excluding carboxylic acids is 4. The van der Waals surface area contributed by atoms with E-state index in [9.17, 15) is 23.6 Å². The van der Waals surface area contributed by atoms with Crippen LogP contribution in [0.1, 0.15) is 46.4 Å². The molecule has 1 aliphatic heterocycles. The summed E-state index contributed by atoms with van der Waals surface area (Å²) >= 11 is 6.17. The number of benzene rings is 2. The minimum atomic E-state index is -0.721. The summed E-state index contributed by atoms with van der Waals surface area (Å²) < 4.78 is 13.2. The number of hydrogen-bond donors (Lipinski definition) is 0. The lowest BCUT2D eigenvalue weighted by Crippen LogP contribution is -2.52. The highest BCUT2D eigenvalue weighted by molar-refractivity contribution is 6.34. The number of imide groups is 1. The van der Waals surface area contributed by atoms with Gasteiger partial charge in [-0.05, 0) is 49.2 Å². The van der Waals surface area contributed by atoms with Gasteiger partial charge in [-0.15, -0.1) is 0 Å². The molecule has 0 bridgehead atoms. The molecule has 2 atom stereocenters. The molecule has 2 fully saturated rings. The van der Waals surface area contributed by atoms with E-state index in [-0.39, 0.29) is 16.1 Å². The Bertz CT molecular complexity index is 1030. The van der Waals surface area contributed by atoms with Crippen LogP contribution >= 0.6 is 11.6 Å². The zero-order chi connectivity index (χ0) is 22.1. The van der Waals surface area contributed by atoms with Gasteiger partial charge in [-0.25, -0.2) is 9.40 Å². The van der Waals surface area contributed by atoms with E-state index in [0.717, 1.165) is 35.0 Å². The van der Waals surface area contributed by atoms with Gasteiger partial charge in [0.15, 0.2) is 5.78 Å². The van der Waals surface area contributed by atoms with Crippen LogP contribution in [0.3, 0.4) is 0 Å². The molecule has 1 saturated carbocycles. The fourth-order valence-corrected chi connectivity index (χ4v) is 4.47. The van der Waals surface area contributed by atoms with Gasteiger partial charge in [0.1, 0.15) is 12.4 Å². The van der Waals surface area contributed by atoms with Crippen LogP contribution in [0.5, 0.6) is 0 Å². The predicted molar refractivity (Wildman–Crippen MR) is 111 cm³/mol. The average molecular weight is 443 g/mol. The Kier molecular flexibility index (Phi) is 5.87. The van der Waals surface area contributed by atoms with E-state index in [1.54, 1.807) is 12.1 Å². The van der Waals surface area contributed by atoms with Crippen LogP contribution in [0, 0.1) is 17.7 Å². The molecule has 0 unspecified atom stereocenters. The van der Waals surface area contributed by atoms with Crippen LogP contribution in [-0.2, 0) is 9.59 Å². The SMILES string of the molecule is O=C(CN(C(=O)c1ccccc1Cl)N1C(=O)[C@@H]2CCCC[C@H]2C1=O)c1ccc(F)cc1. The Hall–Kier alpha value is -3.06. The summed E-state index contributed by atoms with van der Waals surface area (Å²) in [5.74, 6) is -3.66. The Balaban J connectivity index is 1.70. The number of fused-ring (bicyclic) bond motifs is 1. The Labute approximate surface area is 183 Å². The molecule has 2 aromatic rings. The van der Waals surface area contributed by atoms with Gasteiger partial charge in [0.2, 0.25) is 0 Å². The Morgan fingerprint density at radius 1 is 0.968 bits per heavy atom. The second-order valence-electron chi connectivity index (χ2n) is 7.76. The first-order valence-electron chi connectivity index (χ1n) is 10.1. The molecule has 0 N–H and O–H groups in total. The van der Waals surface area contributed by atoms with Crippen molar-refractivity contribution >= 4 is 35.1 Å². The molecule has 0 spiro atoms. The van der Waals surface area contributed by atoms with Crippen molar-refractivity contribution in [2.24, 2.45) is 11.8 Å². The topological polar surface area (TPSA) is 74.8 Å². The first kappa shape index (κ1) is 21.2. The number of hydrogen-bond acceptors (Lipinski definition) is 4. The van der Waals surface area contributed by atoms with Crippen LogP contribution in [0.4, 0.5) is 4.39 Å². The molecule has 1 heterocycles. The minimum absolute atomic E-state index is 0.0755. The molecule has 1 aliphatic carbocycles. The average Bonchev–Trinajstić information content (AvgIpc) is 3.03.